The molecule has 0 aromatic carbocycles. The number of rotatable bonds is 14. The highest BCUT2D eigenvalue weighted by Crippen LogP contribution is 2.03. The number of carbonyl (C=O) groups is 5. The van der Waals surface area contributed by atoms with Gasteiger partial charge in [0.15, 0.2) is 0 Å². The second-order valence-corrected chi connectivity index (χ2v) is 5.88. The van der Waals surface area contributed by atoms with Crippen LogP contribution < -0.4 is 22.1 Å². The normalized spacial score (nSPS) is 13.9. The number of carboxylic acids is 3. The molecule has 2 amide bonds. The fraction of sp³-hybridized carbons (Fsp3) is 0.667. The standard InChI is InChI=1S/C15H26N4O8/c16-6-2-1-3-8(17)13(24)19-10(7-12(22)23)14(25)18-9(15(26)27)4-5-11(20)21/h8-10H,1-7,16-17H2,(H,18,25)(H,19,24)(H,20,21)(H,22,23)(H,26,27)/t8-,9-,10-/m0/s1. The summed E-state index contributed by atoms with van der Waals surface area (Å²) in [5, 5.41) is 30.8. The third-order valence-corrected chi connectivity index (χ3v) is 3.58. The van der Waals surface area contributed by atoms with Gasteiger partial charge in [0.25, 0.3) is 0 Å². The number of carboxylic acid groups (broad SMARTS) is 3. The van der Waals surface area contributed by atoms with Crippen LogP contribution >= 0.6 is 0 Å². The second-order valence-electron chi connectivity index (χ2n) is 5.88. The lowest BCUT2D eigenvalue weighted by atomic mass is 10.1. The van der Waals surface area contributed by atoms with E-state index in [1.165, 1.54) is 0 Å². The quantitative estimate of drug-likeness (QED) is 0.159. The molecule has 0 aromatic heterocycles. The van der Waals surface area contributed by atoms with E-state index in [0.29, 0.717) is 19.4 Å². The van der Waals surface area contributed by atoms with Crippen molar-refractivity contribution in [2.24, 2.45) is 11.5 Å². The van der Waals surface area contributed by atoms with Crippen molar-refractivity contribution in [3.05, 3.63) is 0 Å². The number of amides is 2. The van der Waals surface area contributed by atoms with E-state index in [1.54, 1.807) is 0 Å². The molecule has 3 atom stereocenters. The molecule has 0 radical (unpaired) electrons. The lowest BCUT2D eigenvalue weighted by Crippen LogP contribution is -2.55. The van der Waals surface area contributed by atoms with Crippen molar-refractivity contribution in [2.75, 3.05) is 6.54 Å². The molecule has 0 aromatic rings. The molecular weight excluding hydrogens is 364 g/mol. The van der Waals surface area contributed by atoms with Gasteiger partial charge in [-0.05, 0) is 25.8 Å². The van der Waals surface area contributed by atoms with E-state index in [0.717, 1.165) is 0 Å². The largest absolute Gasteiger partial charge is 0.481 e. The topological polar surface area (TPSA) is 222 Å². The van der Waals surface area contributed by atoms with Gasteiger partial charge >= 0.3 is 17.9 Å². The van der Waals surface area contributed by atoms with Crippen molar-refractivity contribution in [1.82, 2.24) is 10.6 Å². The lowest BCUT2D eigenvalue weighted by molar-refractivity contribution is -0.144. The Morgan fingerprint density at radius 3 is 1.89 bits per heavy atom. The van der Waals surface area contributed by atoms with Crippen LogP contribution in [0.4, 0.5) is 0 Å². The summed E-state index contributed by atoms with van der Waals surface area (Å²) in [6.07, 6.45) is -0.220. The van der Waals surface area contributed by atoms with Gasteiger partial charge in [-0.15, -0.1) is 0 Å². The van der Waals surface area contributed by atoms with Crippen molar-refractivity contribution < 1.29 is 39.3 Å². The SMILES string of the molecule is NCCCC[C@H](N)C(=O)N[C@@H](CC(=O)O)C(=O)N[C@@H](CCC(=O)O)C(=O)O. The lowest BCUT2D eigenvalue weighted by Gasteiger charge is -2.21. The van der Waals surface area contributed by atoms with Gasteiger partial charge in [-0.25, -0.2) is 4.79 Å². The number of nitrogens with one attached hydrogen (secondary N) is 2. The first-order valence-electron chi connectivity index (χ1n) is 8.31. The van der Waals surface area contributed by atoms with Crippen LogP contribution in [0.3, 0.4) is 0 Å². The van der Waals surface area contributed by atoms with Gasteiger partial charge in [-0.3, -0.25) is 19.2 Å². The molecule has 154 valence electrons. The molecule has 0 rings (SSSR count). The summed E-state index contributed by atoms with van der Waals surface area (Å²) in [5.74, 6) is -5.95. The number of unbranched alkanes of at least 4 members (excludes halogenated alkanes) is 1. The zero-order valence-corrected chi connectivity index (χ0v) is 14.7. The molecule has 0 unspecified atom stereocenters. The van der Waals surface area contributed by atoms with E-state index in [9.17, 15) is 24.0 Å². The monoisotopic (exact) mass is 390 g/mol. The zero-order chi connectivity index (χ0) is 21.0. The Bertz CT molecular complexity index is 554. The minimum Gasteiger partial charge on any atom is -0.481 e. The maximum Gasteiger partial charge on any atom is 0.326 e. The van der Waals surface area contributed by atoms with Crippen LogP contribution in [0.15, 0.2) is 0 Å². The third kappa shape index (κ3) is 10.8. The van der Waals surface area contributed by atoms with Crippen LogP contribution in [0.2, 0.25) is 0 Å². The molecule has 0 heterocycles. The van der Waals surface area contributed by atoms with Crippen LogP contribution in [-0.2, 0) is 24.0 Å². The fourth-order valence-corrected chi connectivity index (χ4v) is 2.10. The molecule has 12 heteroatoms. The first kappa shape index (κ1) is 24.3. The second kappa shape index (κ2) is 12.6. The highest BCUT2D eigenvalue weighted by atomic mass is 16.4. The molecule has 9 N–H and O–H groups in total. The third-order valence-electron chi connectivity index (χ3n) is 3.58. The molecule has 0 aliphatic carbocycles. The van der Waals surface area contributed by atoms with Crippen molar-refractivity contribution in [2.45, 2.75) is 56.7 Å². The highest BCUT2D eigenvalue weighted by molar-refractivity contribution is 5.94. The summed E-state index contributed by atoms with van der Waals surface area (Å²) < 4.78 is 0. The van der Waals surface area contributed by atoms with E-state index in [-0.39, 0.29) is 6.42 Å². The van der Waals surface area contributed by atoms with E-state index < -0.39 is 67.1 Å². The zero-order valence-electron chi connectivity index (χ0n) is 14.7. The predicted octanol–water partition coefficient (Wildman–Crippen LogP) is -2.16. The number of hydrogen-bond acceptors (Lipinski definition) is 7. The van der Waals surface area contributed by atoms with Gasteiger partial charge < -0.3 is 37.4 Å². The Kier molecular flexibility index (Phi) is 11.3. The summed E-state index contributed by atoms with van der Waals surface area (Å²) in [6, 6.07) is -4.08. The number of nitrogens with two attached hydrogens (primary N) is 2. The maximum absolute atomic E-state index is 12.2. The minimum absolute atomic E-state index is 0.279. The number of carbonyl (C=O) groups excluding carboxylic acids is 2. The van der Waals surface area contributed by atoms with Crippen LogP contribution in [-0.4, -0.2) is 69.7 Å². The maximum atomic E-state index is 12.2. The Hall–Kier alpha value is -2.73. The summed E-state index contributed by atoms with van der Waals surface area (Å²) in [5.41, 5.74) is 11.0. The van der Waals surface area contributed by atoms with Gasteiger partial charge in [0.1, 0.15) is 12.1 Å². The summed E-state index contributed by atoms with van der Waals surface area (Å²) >= 11 is 0. The first-order chi connectivity index (χ1) is 12.6. The Labute approximate surface area is 155 Å². The van der Waals surface area contributed by atoms with Crippen LogP contribution in [0.1, 0.15) is 38.5 Å². The molecule has 27 heavy (non-hydrogen) atoms. The Morgan fingerprint density at radius 1 is 0.815 bits per heavy atom. The fourth-order valence-electron chi connectivity index (χ4n) is 2.10. The van der Waals surface area contributed by atoms with Crippen molar-refractivity contribution in [1.29, 1.82) is 0 Å². The van der Waals surface area contributed by atoms with Crippen molar-refractivity contribution >= 4 is 29.7 Å². The molecule has 0 aliphatic rings. The van der Waals surface area contributed by atoms with Crippen molar-refractivity contribution in [3.8, 4) is 0 Å². The number of hydrogen-bond donors (Lipinski definition) is 7. The van der Waals surface area contributed by atoms with Crippen LogP contribution in [0, 0.1) is 0 Å². The molecule has 0 aliphatic heterocycles. The van der Waals surface area contributed by atoms with Gasteiger partial charge in [-0.1, -0.05) is 6.42 Å². The van der Waals surface area contributed by atoms with Gasteiger partial charge in [0.2, 0.25) is 11.8 Å². The highest BCUT2D eigenvalue weighted by Gasteiger charge is 2.29. The number of aliphatic carboxylic acids is 3. The summed E-state index contributed by atoms with van der Waals surface area (Å²) in [6.45, 7) is 0.422. The van der Waals surface area contributed by atoms with E-state index in [2.05, 4.69) is 5.32 Å². The van der Waals surface area contributed by atoms with E-state index >= 15 is 0 Å². The molecule has 0 fully saturated rings. The van der Waals surface area contributed by atoms with Gasteiger partial charge in [0.05, 0.1) is 12.5 Å². The average molecular weight is 390 g/mol. The smallest absolute Gasteiger partial charge is 0.326 e. The molecule has 0 saturated carbocycles. The minimum atomic E-state index is -1.55. The Morgan fingerprint density at radius 2 is 1.41 bits per heavy atom. The van der Waals surface area contributed by atoms with Crippen LogP contribution in [0.5, 0.6) is 0 Å². The molecule has 0 bridgehead atoms. The molecule has 0 spiro atoms. The van der Waals surface area contributed by atoms with E-state index in [4.69, 9.17) is 26.8 Å². The molecule has 0 saturated heterocycles. The van der Waals surface area contributed by atoms with Gasteiger partial charge in [0, 0.05) is 6.42 Å². The molecule has 12 nitrogen and oxygen atoms in total. The average Bonchev–Trinajstić information content (AvgIpc) is 2.56. The van der Waals surface area contributed by atoms with Gasteiger partial charge in [-0.2, -0.15) is 0 Å². The summed E-state index contributed by atoms with van der Waals surface area (Å²) in [4.78, 5) is 56.9. The van der Waals surface area contributed by atoms with E-state index in [1.807, 2.05) is 5.32 Å². The van der Waals surface area contributed by atoms with Crippen LogP contribution in [0.25, 0.3) is 0 Å². The van der Waals surface area contributed by atoms with Crippen molar-refractivity contribution in [3.63, 3.8) is 0 Å². The first-order valence-corrected chi connectivity index (χ1v) is 8.31. The Balaban J connectivity index is 4.96. The predicted molar refractivity (Wildman–Crippen MR) is 91.5 cm³/mol. The summed E-state index contributed by atoms with van der Waals surface area (Å²) in [7, 11) is 0. The molecular formula is C15H26N4O8.